The molecule has 0 aliphatic rings. The van der Waals surface area contributed by atoms with Gasteiger partial charge in [-0.05, 0) is 30.4 Å². The van der Waals surface area contributed by atoms with Crippen LogP contribution >= 0.6 is 12.2 Å². The molecule has 0 aliphatic heterocycles. The Labute approximate surface area is 108 Å². The van der Waals surface area contributed by atoms with Crippen molar-refractivity contribution >= 4 is 34.4 Å². The van der Waals surface area contributed by atoms with E-state index in [1.165, 1.54) is 12.1 Å². The van der Waals surface area contributed by atoms with Crippen molar-refractivity contribution in [1.82, 2.24) is 4.98 Å². The molecule has 0 unspecified atom stereocenters. The Balaban J connectivity index is 1.97. The molecule has 0 saturated heterocycles. The van der Waals surface area contributed by atoms with Crippen LogP contribution in [0.4, 0.5) is 17.1 Å². The summed E-state index contributed by atoms with van der Waals surface area (Å²) in [5, 5.41) is 16.8. The highest BCUT2D eigenvalue weighted by atomic mass is 32.1. The fourth-order valence-corrected chi connectivity index (χ4v) is 1.60. The van der Waals surface area contributed by atoms with E-state index in [1.54, 1.807) is 24.5 Å². The molecular weight excluding hydrogens is 252 g/mol. The Morgan fingerprint density at radius 1 is 1.17 bits per heavy atom. The third kappa shape index (κ3) is 3.05. The van der Waals surface area contributed by atoms with Gasteiger partial charge in [0.2, 0.25) is 0 Å². The molecule has 0 bridgehead atoms. The van der Waals surface area contributed by atoms with Crippen LogP contribution in [-0.4, -0.2) is 15.0 Å². The zero-order valence-electron chi connectivity index (χ0n) is 9.21. The second-order valence-electron chi connectivity index (χ2n) is 3.48. The summed E-state index contributed by atoms with van der Waals surface area (Å²) >= 11 is 5.10. The molecule has 0 amide bonds. The highest BCUT2D eigenvalue weighted by Gasteiger charge is 2.04. The van der Waals surface area contributed by atoms with Crippen molar-refractivity contribution in [3.8, 4) is 0 Å². The largest absolute Gasteiger partial charge is 0.366 e. The summed E-state index contributed by atoms with van der Waals surface area (Å²) in [5.41, 5.74) is 1.58. The molecule has 2 aromatic rings. The number of rotatable bonds is 3. The smallest absolute Gasteiger partial charge is 0.269 e. The van der Waals surface area contributed by atoms with Crippen molar-refractivity contribution in [1.29, 1.82) is 0 Å². The SMILES string of the molecule is O=[N+]([O-])c1ccc(NC(=S)Nc2cc[nH]c2)cc1. The average Bonchev–Trinajstić information content (AvgIpc) is 2.82. The fraction of sp³-hybridized carbons (Fsp3) is 0. The van der Waals surface area contributed by atoms with Crippen LogP contribution in [0.15, 0.2) is 42.7 Å². The summed E-state index contributed by atoms with van der Waals surface area (Å²) in [6, 6.07) is 7.87. The van der Waals surface area contributed by atoms with E-state index in [2.05, 4.69) is 15.6 Å². The third-order valence-corrected chi connectivity index (χ3v) is 2.40. The Morgan fingerprint density at radius 2 is 1.83 bits per heavy atom. The first kappa shape index (κ1) is 12.1. The monoisotopic (exact) mass is 262 g/mol. The van der Waals surface area contributed by atoms with E-state index in [4.69, 9.17) is 12.2 Å². The predicted molar refractivity (Wildman–Crippen MR) is 73.7 cm³/mol. The van der Waals surface area contributed by atoms with E-state index in [0.29, 0.717) is 10.8 Å². The van der Waals surface area contributed by atoms with Gasteiger partial charge in [0.05, 0.1) is 10.6 Å². The minimum absolute atomic E-state index is 0.0464. The number of hydrogen-bond donors (Lipinski definition) is 3. The molecule has 1 heterocycles. The van der Waals surface area contributed by atoms with Crippen molar-refractivity contribution in [2.75, 3.05) is 10.6 Å². The standard InChI is InChI=1S/C11H10N4O2S/c16-15(17)10-3-1-8(2-4-10)13-11(18)14-9-5-6-12-7-9/h1-7,12H,(H2,13,14,18). The molecule has 92 valence electrons. The zero-order chi connectivity index (χ0) is 13.0. The molecule has 2 rings (SSSR count). The molecule has 3 N–H and O–H groups in total. The van der Waals surface area contributed by atoms with Crippen LogP contribution in [0.2, 0.25) is 0 Å². The lowest BCUT2D eigenvalue weighted by Crippen LogP contribution is -2.18. The van der Waals surface area contributed by atoms with E-state index in [-0.39, 0.29) is 5.69 Å². The molecule has 0 spiro atoms. The summed E-state index contributed by atoms with van der Waals surface area (Å²) in [4.78, 5) is 12.9. The molecule has 0 radical (unpaired) electrons. The number of H-pyrrole nitrogens is 1. The number of nitro benzene ring substituents is 1. The topological polar surface area (TPSA) is 83.0 Å². The second kappa shape index (κ2) is 5.28. The maximum absolute atomic E-state index is 10.5. The van der Waals surface area contributed by atoms with E-state index in [1.807, 2.05) is 6.07 Å². The fourth-order valence-electron chi connectivity index (χ4n) is 1.36. The van der Waals surface area contributed by atoms with Gasteiger partial charge in [-0.2, -0.15) is 0 Å². The molecule has 18 heavy (non-hydrogen) atoms. The van der Waals surface area contributed by atoms with Gasteiger partial charge in [-0.15, -0.1) is 0 Å². The van der Waals surface area contributed by atoms with Gasteiger partial charge in [-0.1, -0.05) is 0 Å². The molecule has 1 aromatic carbocycles. The van der Waals surface area contributed by atoms with Crippen molar-refractivity contribution in [2.24, 2.45) is 0 Å². The van der Waals surface area contributed by atoms with Gasteiger partial charge < -0.3 is 15.6 Å². The molecule has 1 aromatic heterocycles. The van der Waals surface area contributed by atoms with E-state index >= 15 is 0 Å². The van der Waals surface area contributed by atoms with Crippen LogP contribution in [-0.2, 0) is 0 Å². The summed E-state index contributed by atoms with van der Waals surface area (Å²) in [5.74, 6) is 0. The van der Waals surface area contributed by atoms with E-state index in [0.717, 1.165) is 5.69 Å². The van der Waals surface area contributed by atoms with Gasteiger partial charge in [0.1, 0.15) is 0 Å². The maximum atomic E-state index is 10.5. The Hall–Kier alpha value is -2.41. The number of benzene rings is 1. The lowest BCUT2D eigenvalue weighted by molar-refractivity contribution is -0.384. The first-order valence-electron chi connectivity index (χ1n) is 5.10. The Bertz CT molecular complexity index is 551. The molecule has 0 aliphatic carbocycles. The van der Waals surface area contributed by atoms with Gasteiger partial charge in [0.25, 0.3) is 5.69 Å². The molecule has 0 saturated carbocycles. The summed E-state index contributed by atoms with van der Waals surface area (Å²) in [6.07, 6.45) is 3.54. The number of nitrogens with one attached hydrogen (secondary N) is 3. The minimum Gasteiger partial charge on any atom is -0.366 e. The highest BCUT2D eigenvalue weighted by molar-refractivity contribution is 7.80. The lowest BCUT2D eigenvalue weighted by atomic mass is 10.3. The predicted octanol–water partition coefficient (Wildman–Crippen LogP) is 2.73. The first-order valence-corrected chi connectivity index (χ1v) is 5.51. The number of thiocarbonyl (C=S) groups is 1. The van der Waals surface area contributed by atoms with Gasteiger partial charge >= 0.3 is 0 Å². The van der Waals surface area contributed by atoms with E-state index in [9.17, 15) is 10.1 Å². The quantitative estimate of drug-likeness (QED) is 0.450. The Morgan fingerprint density at radius 3 is 2.39 bits per heavy atom. The maximum Gasteiger partial charge on any atom is 0.269 e. The van der Waals surface area contributed by atoms with E-state index < -0.39 is 4.92 Å². The molecule has 0 fully saturated rings. The van der Waals surface area contributed by atoms with Crippen LogP contribution in [0.3, 0.4) is 0 Å². The third-order valence-electron chi connectivity index (χ3n) is 2.19. The van der Waals surface area contributed by atoms with Crippen LogP contribution in [0.25, 0.3) is 0 Å². The average molecular weight is 262 g/mol. The van der Waals surface area contributed by atoms with Crippen LogP contribution in [0.1, 0.15) is 0 Å². The molecule has 6 nitrogen and oxygen atoms in total. The summed E-state index contributed by atoms with van der Waals surface area (Å²) in [6.45, 7) is 0. The van der Waals surface area contributed by atoms with Crippen LogP contribution in [0.5, 0.6) is 0 Å². The normalized spacial score (nSPS) is 9.78. The lowest BCUT2D eigenvalue weighted by Gasteiger charge is -2.08. The number of hydrogen-bond acceptors (Lipinski definition) is 3. The van der Waals surface area contributed by atoms with Gasteiger partial charge in [0, 0.05) is 30.2 Å². The van der Waals surface area contributed by atoms with Crippen molar-refractivity contribution in [2.45, 2.75) is 0 Å². The molecule has 7 heteroatoms. The number of aromatic amines is 1. The van der Waals surface area contributed by atoms with Crippen molar-refractivity contribution in [3.63, 3.8) is 0 Å². The van der Waals surface area contributed by atoms with Gasteiger partial charge in [0.15, 0.2) is 5.11 Å². The minimum atomic E-state index is -0.444. The zero-order valence-corrected chi connectivity index (χ0v) is 10.0. The number of nitrogens with zero attached hydrogens (tertiary/aromatic N) is 1. The number of anilines is 2. The highest BCUT2D eigenvalue weighted by Crippen LogP contribution is 2.15. The van der Waals surface area contributed by atoms with Crippen LogP contribution < -0.4 is 10.6 Å². The second-order valence-corrected chi connectivity index (χ2v) is 3.89. The summed E-state index contributed by atoms with van der Waals surface area (Å²) < 4.78 is 0. The summed E-state index contributed by atoms with van der Waals surface area (Å²) in [7, 11) is 0. The van der Waals surface area contributed by atoms with Gasteiger partial charge in [-0.3, -0.25) is 10.1 Å². The number of nitro groups is 1. The Kier molecular flexibility index (Phi) is 3.54. The molecule has 0 atom stereocenters. The number of non-ortho nitro benzene ring substituents is 1. The van der Waals surface area contributed by atoms with Gasteiger partial charge in [-0.25, -0.2) is 0 Å². The van der Waals surface area contributed by atoms with Crippen molar-refractivity contribution < 1.29 is 4.92 Å². The number of aromatic nitrogens is 1. The van der Waals surface area contributed by atoms with Crippen molar-refractivity contribution in [3.05, 3.63) is 52.8 Å². The van der Waals surface area contributed by atoms with Crippen LogP contribution in [0, 0.1) is 10.1 Å². The molecular formula is C11H10N4O2S. The first-order chi connectivity index (χ1) is 8.65.